The third-order valence-electron chi connectivity index (χ3n) is 3.27. The van der Waals surface area contributed by atoms with Gasteiger partial charge in [0.25, 0.3) is 0 Å². The van der Waals surface area contributed by atoms with Gasteiger partial charge in [-0.05, 0) is 44.5 Å². The predicted octanol–water partition coefficient (Wildman–Crippen LogP) is 2.97. The van der Waals surface area contributed by atoms with Crippen LogP contribution in [0.15, 0.2) is 18.2 Å². The summed E-state index contributed by atoms with van der Waals surface area (Å²) in [6.45, 7) is 14.1. The Morgan fingerprint density at radius 3 is 2.58 bits per heavy atom. The van der Waals surface area contributed by atoms with Gasteiger partial charge in [-0.15, -0.1) is 0 Å². The first-order valence-electron chi connectivity index (χ1n) is 7.35. The topological polar surface area (TPSA) is 24.5 Å². The molecule has 1 aromatic carbocycles. The van der Waals surface area contributed by atoms with E-state index in [1.165, 1.54) is 16.8 Å². The first-order valence-corrected chi connectivity index (χ1v) is 7.35. The Bertz CT molecular complexity index is 366. The van der Waals surface area contributed by atoms with Gasteiger partial charge in [0.15, 0.2) is 0 Å². The third kappa shape index (κ3) is 5.21. The summed E-state index contributed by atoms with van der Waals surface area (Å²) in [7, 11) is 0. The molecular weight excluding hydrogens is 236 g/mol. The summed E-state index contributed by atoms with van der Waals surface area (Å²) in [4.78, 5) is 2.38. The van der Waals surface area contributed by atoms with Crippen molar-refractivity contribution < 1.29 is 4.74 Å². The van der Waals surface area contributed by atoms with Crippen molar-refractivity contribution >= 4 is 5.69 Å². The van der Waals surface area contributed by atoms with Gasteiger partial charge in [0.05, 0.1) is 6.61 Å². The number of likely N-dealkylation sites (N-methyl/N-ethyl adjacent to an activating group) is 1. The lowest BCUT2D eigenvalue weighted by atomic mass is 10.1. The van der Waals surface area contributed by atoms with Crippen LogP contribution >= 0.6 is 0 Å². The van der Waals surface area contributed by atoms with E-state index >= 15 is 0 Å². The number of benzene rings is 1. The van der Waals surface area contributed by atoms with Gasteiger partial charge in [0.2, 0.25) is 0 Å². The minimum atomic E-state index is 0.790. The largest absolute Gasteiger partial charge is 0.380 e. The average molecular weight is 264 g/mol. The fourth-order valence-electron chi connectivity index (χ4n) is 2.22. The van der Waals surface area contributed by atoms with Crippen molar-refractivity contribution in [1.82, 2.24) is 5.32 Å². The van der Waals surface area contributed by atoms with Crippen molar-refractivity contribution in [3.8, 4) is 0 Å². The molecule has 1 N–H and O–H groups in total. The van der Waals surface area contributed by atoms with Crippen molar-refractivity contribution in [2.45, 2.75) is 34.2 Å². The van der Waals surface area contributed by atoms with Crippen molar-refractivity contribution in [2.24, 2.45) is 0 Å². The van der Waals surface area contributed by atoms with E-state index in [9.17, 15) is 0 Å². The Kier molecular flexibility index (Phi) is 7.53. The molecule has 0 amide bonds. The van der Waals surface area contributed by atoms with E-state index in [2.05, 4.69) is 49.2 Å². The van der Waals surface area contributed by atoms with Crippen molar-refractivity contribution in [1.29, 1.82) is 0 Å². The van der Waals surface area contributed by atoms with Crippen LogP contribution in [0.1, 0.15) is 31.9 Å². The number of hydrogen-bond acceptors (Lipinski definition) is 3. The van der Waals surface area contributed by atoms with Crippen LogP contribution in [0.25, 0.3) is 0 Å². The molecule has 3 nitrogen and oxygen atoms in total. The van der Waals surface area contributed by atoms with Crippen LogP contribution in [0.2, 0.25) is 0 Å². The van der Waals surface area contributed by atoms with Gasteiger partial charge in [-0.1, -0.05) is 19.1 Å². The number of hydrogen-bond donors (Lipinski definition) is 1. The molecule has 19 heavy (non-hydrogen) atoms. The number of ether oxygens (including phenoxy) is 1. The molecule has 0 aromatic heterocycles. The van der Waals surface area contributed by atoms with Crippen LogP contribution in [-0.4, -0.2) is 32.8 Å². The Balaban J connectivity index is 2.69. The molecule has 1 aromatic rings. The number of rotatable bonds is 9. The lowest BCUT2D eigenvalue weighted by Gasteiger charge is -2.25. The van der Waals surface area contributed by atoms with Gasteiger partial charge in [0, 0.05) is 31.9 Å². The van der Waals surface area contributed by atoms with E-state index in [1.807, 2.05) is 6.92 Å². The number of nitrogens with zero attached hydrogens (tertiary/aromatic N) is 1. The summed E-state index contributed by atoms with van der Waals surface area (Å²) in [6.07, 6.45) is 0. The second kappa shape index (κ2) is 8.94. The molecule has 0 aliphatic heterocycles. The van der Waals surface area contributed by atoms with E-state index < -0.39 is 0 Å². The van der Waals surface area contributed by atoms with Crippen molar-refractivity contribution in [2.75, 3.05) is 37.7 Å². The van der Waals surface area contributed by atoms with Gasteiger partial charge < -0.3 is 15.0 Å². The molecule has 0 bridgehead atoms. The van der Waals surface area contributed by atoms with Crippen LogP contribution in [-0.2, 0) is 11.3 Å². The fraction of sp³-hybridized carbons (Fsp3) is 0.625. The fourth-order valence-corrected chi connectivity index (χ4v) is 2.22. The molecule has 108 valence electrons. The highest BCUT2D eigenvalue weighted by Crippen LogP contribution is 2.21. The Hall–Kier alpha value is -1.06. The molecule has 0 unspecified atom stereocenters. The molecule has 3 heteroatoms. The molecule has 0 aliphatic rings. The van der Waals surface area contributed by atoms with Crippen molar-refractivity contribution in [3.63, 3.8) is 0 Å². The molecule has 0 spiro atoms. The highest BCUT2D eigenvalue weighted by molar-refractivity contribution is 5.54. The van der Waals surface area contributed by atoms with Gasteiger partial charge in [0.1, 0.15) is 0 Å². The average Bonchev–Trinajstić information content (AvgIpc) is 2.42. The smallest absolute Gasteiger partial charge is 0.0641 e. The molecule has 0 aliphatic carbocycles. The van der Waals surface area contributed by atoms with E-state index in [4.69, 9.17) is 4.74 Å². The van der Waals surface area contributed by atoms with Crippen LogP contribution in [0.3, 0.4) is 0 Å². The van der Waals surface area contributed by atoms with Crippen LogP contribution < -0.4 is 10.2 Å². The molecule has 0 fully saturated rings. The lowest BCUT2D eigenvalue weighted by Crippen LogP contribution is -2.27. The Morgan fingerprint density at radius 1 is 1.21 bits per heavy atom. The zero-order chi connectivity index (χ0) is 14.1. The third-order valence-corrected chi connectivity index (χ3v) is 3.27. The summed E-state index contributed by atoms with van der Waals surface area (Å²) in [5, 5.41) is 3.36. The zero-order valence-corrected chi connectivity index (χ0v) is 12.8. The molecule has 0 radical (unpaired) electrons. The van der Waals surface area contributed by atoms with Crippen LogP contribution in [0, 0.1) is 6.92 Å². The highest BCUT2D eigenvalue weighted by atomic mass is 16.5. The SMILES string of the molecule is CCNCc1ccc(N(CC)CCOCC)c(C)c1. The molecule has 0 heterocycles. The maximum absolute atomic E-state index is 5.45. The summed E-state index contributed by atoms with van der Waals surface area (Å²) in [5.41, 5.74) is 4.01. The molecule has 0 saturated heterocycles. The summed E-state index contributed by atoms with van der Waals surface area (Å²) in [5.74, 6) is 0. The lowest BCUT2D eigenvalue weighted by molar-refractivity contribution is 0.154. The van der Waals surface area contributed by atoms with Gasteiger partial charge in [-0.3, -0.25) is 0 Å². The first kappa shape index (κ1) is 16.0. The number of nitrogens with one attached hydrogen (secondary N) is 1. The normalized spacial score (nSPS) is 10.7. The summed E-state index contributed by atoms with van der Waals surface area (Å²) >= 11 is 0. The van der Waals surface area contributed by atoms with E-state index in [1.54, 1.807) is 0 Å². The number of aryl methyl sites for hydroxylation is 1. The summed E-state index contributed by atoms with van der Waals surface area (Å²) < 4.78 is 5.45. The van der Waals surface area contributed by atoms with Crippen molar-refractivity contribution in [3.05, 3.63) is 29.3 Å². The maximum atomic E-state index is 5.45. The van der Waals surface area contributed by atoms with Gasteiger partial charge in [-0.25, -0.2) is 0 Å². The maximum Gasteiger partial charge on any atom is 0.0641 e. The first-order chi connectivity index (χ1) is 9.22. The summed E-state index contributed by atoms with van der Waals surface area (Å²) in [6, 6.07) is 6.73. The molecule has 1 rings (SSSR count). The second-order valence-corrected chi connectivity index (χ2v) is 4.68. The monoisotopic (exact) mass is 264 g/mol. The van der Waals surface area contributed by atoms with E-state index in [0.29, 0.717) is 0 Å². The van der Waals surface area contributed by atoms with Crippen LogP contribution in [0.4, 0.5) is 5.69 Å². The van der Waals surface area contributed by atoms with E-state index in [0.717, 1.165) is 39.4 Å². The predicted molar refractivity (Wildman–Crippen MR) is 82.9 cm³/mol. The van der Waals surface area contributed by atoms with Crippen LogP contribution in [0.5, 0.6) is 0 Å². The van der Waals surface area contributed by atoms with E-state index in [-0.39, 0.29) is 0 Å². The minimum absolute atomic E-state index is 0.790. The second-order valence-electron chi connectivity index (χ2n) is 4.68. The quantitative estimate of drug-likeness (QED) is 0.694. The molecule has 0 atom stereocenters. The highest BCUT2D eigenvalue weighted by Gasteiger charge is 2.07. The van der Waals surface area contributed by atoms with Gasteiger partial charge in [-0.2, -0.15) is 0 Å². The zero-order valence-electron chi connectivity index (χ0n) is 12.8. The van der Waals surface area contributed by atoms with Gasteiger partial charge >= 0.3 is 0 Å². The molecular formula is C16H28N2O. The Morgan fingerprint density at radius 2 is 2.00 bits per heavy atom. The molecule has 0 saturated carbocycles. The number of anilines is 1. The minimum Gasteiger partial charge on any atom is -0.380 e. The Labute approximate surface area is 118 Å². The standard InChI is InChI=1S/C16H28N2O/c1-5-17-13-15-8-9-16(14(4)12-15)18(6-2)10-11-19-7-3/h8-9,12,17H,5-7,10-11,13H2,1-4H3.